The van der Waals surface area contributed by atoms with Crippen molar-refractivity contribution in [2.24, 2.45) is 0 Å². The van der Waals surface area contributed by atoms with Gasteiger partial charge in [0.05, 0.1) is 89.7 Å². The van der Waals surface area contributed by atoms with Gasteiger partial charge in [-0.15, -0.1) is 0 Å². The van der Waals surface area contributed by atoms with E-state index in [9.17, 15) is 0 Å². The summed E-state index contributed by atoms with van der Waals surface area (Å²) in [6, 6.07) is 82.7. The number of alkyl halides is 6. The maximum absolute atomic E-state index is 18.1. The Kier molecular flexibility index (Phi) is 21.0. The number of halogens is 6. The molecule has 144 heavy (non-hydrogen) atoms. The molecule has 30 heteroatoms. The van der Waals surface area contributed by atoms with E-state index in [4.69, 9.17) is 74.8 Å². The Bertz CT molecular complexity index is 9120. The standard InChI is InChI=1S/C114H80F6N24/c1-58-121-59(2)128-107(127-58)72-33-39-94-82(48-72)80-27-18-20-31-92(80)141(94)102-56-79(57-103(106(102)114(118,119)120)142-93-32-21-19-28-81(93)83-49-73(34-40-95(83)142)108-129-60(3)122-61(4)130-108)91-46-69(45-90(139-91)71-25-16-13-17-26-71)47-104-126-68(11)137-112(140-104)77-38-44-99-87(53-77)86-52-76(111-135-66(9)125-67(10)136-111)37-43-98(86)144(99)101-55-78(89-30-22-29-88(138-89)70-23-14-12-15-24-70)54-100(105(101)113(115,116)117)143-96-41-35-74(109-131-62(5)123-63(6)132-109)50-84(96)85-51-75(36-42-97(85)143)110-133-64(7)124-65(8)134-110/h12-46,48-57H,47H2,1-11H3. The molecule has 0 unspecified atom stereocenters. The summed E-state index contributed by atoms with van der Waals surface area (Å²) in [6.45, 7) is 19.6. The Morgan fingerprint density at radius 3 is 0.729 bits per heavy atom. The van der Waals surface area contributed by atoms with E-state index in [0.29, 0.717) is 265 Å². The van der Waals surface area contributed by atoms with Crippen LogP contribution in [0.15, 0.2) is 273 Å². The molecule has 0 saturated heterocycles. The molecule has 0 N–H and O–H groups in total. The van der Waals surface area contributed by atoms with Crippen LogP contribution in [-0.4, -0.2) is 118 Å². The molecule has 0 aliphatic rings. The Labute approximate surface area is 817 Å². The Morgan fingerprint density at radius 2 is 0.424 bits per heavy atom. The van der Waals surface area contributed by atoms with Crippen LogP contribution in [0.1, 0.15) is 86.6 Å². The molecule has 698 valence electrons. The summed E-state index contributed by atoms with van der Waals surface area (Å²) in [5, 5.41) is 4.85. The SMILES string of the molecule is Cc1nc(C)nc(-c2ccc3c(c2)c2ccccc2n3-c2cc(-c3cc(Cc4nc(C)nc(-c5ccc6c(c5)c5cc(-c7nc(C)nc(C)n7)ccc5n6-c5cc(-c6cccc(-c7ccccc7)n6)cc(-n6c7ccc(-c8nc(C)nc(C)n8)cc7c7cc(-c8nc(C)nc(C)n8)ccc76)c5C(F)(F)F)n4)cc(-c4ccccc4)n3)cc(-n3c4ccccc4c4cc(-c5nc(C)nc(C)n5)ccc43)c2C(F)(F)F)n1. The molecule has 0 aliphatic heterocycles. The van der Waals surface area contributed by atoms with Crippen molar-refractivity contribution in [3.05, 3.63) is 360 Å². The second-order valence-corrected chi connectivity index (χ2v) is 36.0. The molecule has 0 bridgehead atoms. The number of aryl methyl sites for hydroxylation is 11. The van der Waals surface area contributed by atoms with Crippen LogP contribution in [0.4, 0.5) is 26.3 Å². The summed E-state index contributed by atoms with van der Waals surface area (Å²) in [7, 11) is 0. The van der Waals surface area contributed by atoms with Crippen LogP contribution in [0.5, 0.6) is 0 Å². The predicted molar refractivity (Wildman–Crippen MR) is 545 cm³/mol. The van der Waals surface area contributed by atoms with E-state index in [1.54, 1.807) is 161 Å². The lowest BCUT2D eigenvalue weighted by atomic mass is 9.99. The van der Waals surface area contributed by atoms with Gasteiger partial charge in [-0.25, -0.2) is 99.7 Å². The minimum Gasteiger partial charge on any atom is -0.309 e. The van der Waals surface area contributed by atoms with Gasteiger partial charge < -0.3 is 18.3 Å². The van der Waals surface area contributed by atoms with Gasteiger partial charge in [-0.1, -0.05) is 103 Å². The molecule has 0 radical (unpaired) electrons. The van der Waals surface area contributed by atoms with Gasteiger partial charge in [0.2, 0.25) is 0 Å². The highest BCUT2D eigenvalue weighted by molar-refractivity contribution is 6.16. The van der Waals surface area contributed by atoms with Crippen LogP contribution in [-0.2, 0) is 18.8 Å². The normalized spacial score (nSPS) is 12.1. The third-order valence-electron chi connectivity index (χ3n) is 26.0. The fourth-order valence-electron chi connectivity index (χ4n) is 20.3. The third-order valence-corrected chi connectivity index (χ3v) is 26.0. The van der Waals surface area contributed by atoms with Crippen LogP contribution in [0, 0.1) is 76.2 Å². The van der Waals surface area contributed by atoms with Crippen molar-refractivity contribution in [2.75, 3.05) is 0 Å². The third kappa shape index (κ3) is 15.8. The van der Waals surface area contributed by atoms with Crippen molar-refractivity contribution in [1.29, 1.82) is 0 Å². The van der Waals surface area contributed by atoms with Crippen LogP contribution in [0.3, 0.4) is 0 Å². The monoisotopic (exact) mass is 1900 g/mol. The molecule has 12 heterocycles. The lowest BCUT2D eigenvalue weighted by Gasteiger charge is -2.23. The van der Waals surface area contributed by atoms with Crippen molar-refractivity contribution >= 4 is 87.2 Å². The average molecular weight is 1900 g/mol. The Balaban J connectivity index is 0.708. The molecular formula is C114H80F6N24. The molecular weight excluding hydrogens is 1820 g/mol. The van der Waals surface area contributed by atoms with Gasteiger partial charge in [-0.2, -0.15) is 26.3 Å². The van der Waals surface area contributed by atoms with Crippen molar-refractivity contribution in [3.63, 3.8) is 0 Å². The summed E-state index contributed by atoms with van der Waals surface area (Å²) in [4.78, 5) is 95.9. The first-order valence-electron chi connectivity index (χ1n) is 46.6. The van der Waals surface area contributed by atoms with Crippen molar-refractivity contribution in [3.8, 4) is 136 Å². The van der Waals surface area contributed by atoms with Gasteiger partial charge in [0.25, 0.3) is 0 Å². The molecule has 0 aliphatic carbocycles. The molecule has 0 spiro atoms. The average Bonchev–Trinajstić information content (AvgIpc) is 1.31. The molecule has 24 nitrogen and oxygen atoms in total. The topological polar surface area (TPSA) is 278 Å². The minimum absolute atomic E-state index is 0.0278. The number of benzene rings is 12. The van der Waals surface area contributed by atoms with Crippen LogP contribution >= 0.6 is 0 Å². The van der Waals surface area contributed by atoms with Gasteiger partial charge in [0.1, 0.15) is 81.0 Å². The van der Waals surface area contributed by atoms with E-state index in [2.05, 4.69) is 24.9 Å². The lowest BCUT2D eigenvalue weighted by Crippen LogP contribution is -2.16. The van der Waals surface area contributed by atoms with Gasteiger partial charge in [-0.3, -0.25) is 0 Å². The van der Waals surface area contributed by atoms with Crippen LogP contribution < -0.4 is 0 Å². The first-order valence-corrected chi connectivity index (χ1v) is 46.6. The molecule has 24 rings (SSSR count). The molecule has 24 aromatic rings. The zero-order valence-corrected chi connectivity index (χ0v) is 79.2. The van der Waals surface area contributed by atoms with Gasteiger partial charge >= 0.3 is 12.4 Å². The van der Waals surface area contributed by atoms with E-state index in [1.165, 1.54) is 0 Å². The number of para-hydroxylation sites is 2. The van der Waals surface area contributed by atoms with E-state index < -0.39 is 23.5 Å². The van der Waals surface area contributed by atoms with Crippen molar-refractivity contribution < 1.29 is 26.3 Å². The van der Waals surface area contributed by atoms with Crippen LogP contribution in [0.2, 0.25) is 0 Å². The number of aromatic nitrogens is 24. The highest BCUT2D eigenvalue weighted by atomic mass is 19.4. The predicted octanol–water partition coefficient (Wildman–Crippen LogP) is 25.7. The maximum atomic E-state index is 18.1. The maximum Gasteiger partial charge on any atom is 0.420 e. The quantitative estimate of drug-likeness (QED) is 0.0813. The summed E-state index contributed by atoms with van der Waals surface area (Å²) in [6.07, 6.45) is -10.1. The van der Waals surface area contributed by atoms with E-state index in [-0.39, 0.29) is 35.0 Å². The first-order chi connectivity index (χ1) is 69.5. The van der Waals surface area contributed by atoms with Gasteiger partial charge in [-0.05, 0) is 252 Å². The van der Waals surface area contributed by atoms with Crippen molar-refractivity contribution in [2.45, 2.75) is 94.9 Å². The summed E-state index contributed by atoms with van der Waals surface area (Å²) < 4.78 is 114. The summed E-state index contributed by atoms with van der Waals surface area (Å²) >= 11 is 0. The van der Waals surface area contributed by atoms with Gasteiger partial charge in [0.15, 0.2) is 34.9 Å². The summed E-state index contributed by atoms with van der Waals surface area (Å²) in [5.74, 6) is 7.73. The highest BCUT2D eigenvalue weighted by Gasteiger charge is 2.43. The fraction of sp³-hybridized carbons (Fsp3) is 0.123. The minimum atomic E-state index is -5.11. The van der Waals surface area contributed by atoms with E-state index in [0.717, 1.165) is 5.56 Å². The zero-order valence-electron chi connectivity index (χ0n) is 79.2. The first kappa shape index (κ1) is 88.5. The molecule has 0 fully saturated rings. The van der Waals surface area contributed by atoms with Crippen LogP contribution in [0.25, 0.3) is 223 Å². The zero-order chi connectivity index (χ0) is 98.7. The second-order valence-electron chi connectivity index (χ2n) is 36.0. The fourth-order valence-corrected chi connectivity index (χ4v) is 20.3. The highest BCUT2D eigenvalue weighted by Crippen LogP contribution is 2.51. The number of hydrogen-bond acceptors (Lipinski definition) is 20. The largest absolute Gasteiger partial charge is 0.420 e. The number of rotatable bonds is 16. The Morgan fingerprint density at radius 1 is 0.188 bits per heavy atom. The smallest absolute Gasteiger partial charge is 0.309 e. The van der Waals surface area contributed by atoms with Crippen molar-refractivity contribution in [1.82, 2.24) is 118 Å². The number of pyridine rings is 2. The lowest BCUT2D eigenvalue weighted by molar-refractivity contribution is -0.138. The Hall–Kier alpha value is -18.2. The van der Waals surface area contributed by atoms with E-state index >= 15 is 26.3 Å². The molecule has 0 atom stereocenters. The number of hydrogen-bond donors (Lipinski definition) is 0. The molecule has 12 aromatic carbocycles. The van der Waals surface area contributed by atoms with E-state index in [1.807, 2.05) is 206 Å². The second kappa shape index (κ2) is 34.1. The number of fused-ring (bicyclic) bond motifs is 12. The molecule has 12 aromatic heterocycles. The summed E-state index contributed by atoms with van der Waals surface area (Å²) in [5.41, 5.74) is 8.95. The molecule has 0 saturated carbocycles. The molecule has 0 amide bonds. The number of nitrogens with zero attached hydrogens (tertiary/aromatic N) is 24. The van der Waals surface area contributed by atoms with Gasteiger partial charge in [0, 0.05) is 105 Å².